The summed E-state index contributed by atoms with van der Waals surface area (Å²) in [6.45, 7) is 5.44. The molecule has 0 atom stereocenters. The van der Waals surface area contributed by atoms with Crippen LogP contribution in [0.5, 0.6) is 0 Å². The Balaban J connectivity index is 2.06. The molecule has 0 bridgehead atoms. The zero-order valence-corrected chi connectivity index (χ0v) is 15.1. The normalized spacial score (nSPS) is 10.7. The van der Waals surface area contributed by atoms with Crippen molar-refractivity contribution in [2.75, 3.05) is 16.8 Å². The van der Waals surface area contributed by atoms with E-state index in [2.05, 4.69) is 5.32 Å². The van der Waals surface area contributed by atoms with Gasteiger partial charge in [-0.1, -0.05) is 32.0 Å². The van der Waals surface area contributed by atoms with E-state index in [4.69, 9.17) is 0 Å². The fourth-order valence-corrected chi connectivity index (χ4v) is 2.66. The lowest BCUT2D eigenvalue weighted by Crippen LogP contribution is -2.32. The summed E-state index contributed by atoms with van der Waals surface area (Å²) in [4.78, 5) is 25.4. The molecule has 0 aromatic heterocycles. The van der Waals surface area contributed by atoms with Crippen molar-refractivity contribution in [2.45, 2.75) is 33.1 Å². The van der Waals surface area contributed by atoms with Gasteiger partial charge in [0.05, 0.1) is 0 Å². The smallest absolute Gasteiger partial charge is 0.226 e. The molecule has 2 amide bonds. The van der Waals surface area contributed by atoms with Gasteiger partial charge in [0, 0.05) is 37.3 Å². The number of rotatable bonds is 6. The summed E-state index contributed by atoms with van der Waals surface area (Å²) in [5.74, 6) is -2.38. The van der Waals surface area contributed by atoms with Crippen molar-refractivity contribution in [2.24, 2.45) is 0 Å². The van der Waals surface area contributed by atoms with E-state index >= 15 is 0 Å². The second-order valence-electron chi connectivity index (χ2n) is 6.31. The number of hydrogen-bond acceptors (Lipinski definition) is 2. The number of nitrogens with one attached hydrogen (secondary N) is 1. The van der Waals surface area contributed by atoms with Gasteiger partial charge in [0.1, 0.15) is 0 Å². The van der Waals surface area contributed by atoms with E-state index in [0.29, 0.717) is 0 Å². The average Bonchev–Trinajstić information content (AvgIpc) is 2.58. The number of nitrogens with zero attached hydrogens (tertiary/aromatic N) is 1. The van der Waals surface area contributed by atoms with Crippen LogP contribution in [0.4, 0.5) is 20.2 Å². The number of carbonyl (C=O) groups is 2. The molecule has 0 aliphatic rings. The van der Waals surface area contributed by atoms with Crippen LogP contribution in [0.3, 0.4) is 0 Å². The first-order valence-electron chi connectivity index (χ1n) is 8.41. The van der Waals surface area contributed by atoms with Crippen LogP contribution in [0.2, 0.25) is 0 Å². The molecular weight excluding hydrogens is 338 g/mol. The zero-order valence-electron chi connectivity index (χ0n) is 15.1. The van der Waals surface area contributed by atoms with Crippen molar-refractivity contribution in [3.63, 3.8) is 0 Å². The van der Waals surface area contributed by atoms with Gasteiger partial charge < -0.3 is 10.2 Å². The maximum atomic E-state index is 13.4. The maximum absolute atomic E-state index is 13.4. The van der Waals surface area contributed by atoms with Gasteiger partial charge in [-0.15, -0.1) is 0 Å². The van der Waals surface area contributed by atoms with E-state index in [1.807, 2.05) is 38.1 Å². The maximum Gasteiger partial charge on any atom is 0.226 e. The van der Waals surface area contributed by atoms with Crippen molar-refractivity contribution in [1.82, 2.24) is 0 Å². The Morgan fingerprint density at radius 2 is 1.77 bits per heavy atom. The molecule has 0 spiro atoms. The number of halogens is 2. The van der Waals surface area contributed by atoms with E-state index < -0.39 is 11.6 Å². The molecule has 0 unspecified atom stereocenters. The average molecular weight is 360 g/mol. The second-order valence-corrected chi connectivity index (χ2v) is 6.31. The predicted octanol–water partition coefficient (Wildman–Crippen LogP) is 4.47. The van der Waals surface area contributed by atoms with Gasteiger partial charge in [0.25, 0.3) is 0 Å². The lowest BCUT2D eigenvalue weighted by atomic mass is 10.0. The fraction of sp³-hybridized carbons (Fsp3) is 0.300. The highest BCUT2D eigenvalue weighted by atomic mass is 19.2. The Morgan fingerprint density at radius 3 is 2.38 bits per heavy atom. The Hall–Kier alpha value is -2.76. The zero-order chi connectivity index (χ0) is 19.3. The van der Waals surface area contributed by atoms with Gasteiger partial charge in [-0.25, -0.2) is 8.78 Å². The van der Waals surface area contributed by atoms with Crippen molar-refractivity contribution >= 4 is 23.2 Å². The second kappa shape index (κ2) is 8.56. The number of amides is 2. The van der Waals surface area contributed by atoms with Gasteiger partial charge >= 0.3 is 0 Å². The summed E-state index contributed by atoms with van der Waals surface area (Å²) in [7, 11) is 0. The number of benzene rings is 2. The molecule has 0 saturated heterocycles. The van der Waals surface area contributed by atoms with Crippen molar-refractivity contribution in [1.29, 1.82) is 0 Å². The lowest BCUT2D eigenvalue weighted by molar-refractivity contribution is -0.117. The summed E-state index contributed by atoms with van der Waals surface area (Å²) in [6, 6.07) is 10.7. The number of para-hydroxylation sites is 1. The highest BCUT2D eigenvalue weighted by molar-refractivity contribution is 5.95. The Morgan fingerprint density at radius 1 is 1.08 bits per heavy atom. The van der Waals surface area contributed by atoms with Crippen LogP contribution in [0.25, 0.3) is 0 Å². The molecule has 6 heteroatoms. The van der Waals surface area contributed by atoms with Crippen LogP contribution >= 0.6 is 0 Å². The minimum atomic E-state index is -1.04. The molecule has 0 aliphatic heterocycles. The topological polar surface area (TPSA) is 49.4 Å². The molecule has 0 saturated carbocycles. The summed E-state index contributed by atoms with van der Waals surface area (Å²) < 4.78 is 26.5. The van der Waals surface area contributed by atoms with Crippen LogP contribution in [0.1, 0.15) is 38.7 Å². The summed E-state index contributed by atoms with van der Waals surface area (Å²) in [5.41, 5.74) is 1.96. The third-order valence-electron chi connectivity index (χ3n) is 4.01. The summed E-state index contributed by atoms with van der Waals surface area (Å²) in [6.07, 6.45) is 0.0327. The van der Waals surface area contributed by atoms with Gasteiger partial charge in [-0.2, -0.15) is 0 Å². The molecular formula is C20H22F2N2O2. The first-order valence-corrected chi connectivity index (χ1v) is 8.41. The van der Waals surface area contributed by atoms with Gasteiger partial charge in [0.15, 0.2) is 11.6 Å². The molecule has 0 radical (unpaired) electrons. The van der Waals surface area contributed by atoms with E-state index in [9.17, 15) is 18.4 Å². The Bertz CT molecular complexity index is 806. The molecule has 138 valence electrons. The predicted molar refractivity (Wildman–Crippen MR) is 98.2 cm³/mol. The largest absolute Gasteiger partial charge is 0.326 e. The first-order chi connectivity index (χ1) is 12.3. The van der Waals surface area contributed by atoms with E-state index in [-0.39, 0.29) is 36.4 Å². The van der Waals surface area contributed by atoms with Gasteiger partial charge in [-0.3, -0.25) is 9.59 Å². The molecule has 2 aromatic rings. The SMILES string of the molecule is CC(=O)N(CCC(=O)Nc1ccccc1C(C)C)c1ccc(F)c(F)c1. The molecule has 1 N–H and O–H groups in total. The van der Waals surface area contributed by atoms with Crippen LogP contribution in [0, 0.1) is 11.6 Å². The Kier molecular flexibility index (Phi) is 6.44. The van der Waals surface area contributed by atoms with E-state index in [0.717, 1.165) is 23.4 Å². The van der Waals surface area contributed by atoms with E-state index in [1.165, 1.54) is 17.9 Å². The van der Waals surface area contributed by atoms with Crippen LogP contribution in [-0.4, -0.2) is 18.4 Å². The first kappa shape index (κ1) is 19.6. The van der Waals surface area contributed by atoms with Crippen molar-refractivity contribution in [3.05, 3.63) is 59.7 Å². The lowest BCUT2D eigenvalue weighted by Gasteiger charge is -2.21. The van der Waals surface area contributed by atoms with Gasteiger partial charge in [0.2, 0.25) is 11.8 Å². The standard InChI is InChI=1S/C20H22F2N2O2/c1-13(2)16-6-4-5-7-19(16)23-20(26)10-11-24(14(3)25)15-8-9-17(21)18(22)12-15/h4-9,12-13H,10-11H2,1-3H3,(H,23,26). The van der Waals surface area contributed by atoms with Crippen molar-refractivity contribution in [3.8, 4) is 0 Å². The summed E-state index contributed by atoms with van der Waals surface area (Å²) in [5, 5.41) is 2.85. The minimum Gasteiger partial charge on any atom is -0.326 e. The third-order valence-corrected chi connectivity index (χ3v) is 4.01. The molecule has 4 nitrogen and oxygen atoms in total. The number of hydrogen-bond donors (Lipinski definition) is 1. The van der Waals surface area contributed by atoms with Crippen LogP contribution < -0.4 is 10.2 Å². The molecule has 0 fully saturated rings. The molecule has 0 heterocycles. The highest BCUT2D eigenvalue weighted by Crippen LogP contribution is 2.24. The Labute approximate surface area is 151 Å². The molecule has 2 rings (SSSR count). The van der Waals surface area contributed by atoms with E-state index in [1.54, 1.807) is 0 Å². The van der Waals surface area contributed by atoms with Crippen LogP contribution in [0.15, 0.2) is 42.5 Å². The summed E-state index contributed by atoms with van der Waals surface area (Å²) >= 11 is 0. The quantitative estimate of drug-likeness (QED) is 0.826. The molecule has 26 heavy (non-hydrogen) atoms. The monoisotopic (exact) mass is 360 g/mol. The number of carbonyl (C=O) groups excluding carboxylic acids is 2. The highest BCUT2D eigenvalue weighted by Gasteiger charge is 2.16. The molecule has 0 aliphatic carbocycles. The van der Waals surface area contributed by atoms with Crippen LogP contribution in [-0.2, 0) is 9.59 Å². The molecule has 2 aromatic carbocycles. The fourth-order valence-electron chi connectivity index (χ4n) is 2.66. The number of anilines is 2. The van der Waals surface area contributed by atoms with Crippen molar-refractivity contribution < 1.29 is 18.4 Å². The minimum absolute atomic E-state index is 0.0327. The van der Waals surface area contributed by atoms with Gasteiger partial charge in [-0.05, 0) is 29.7 Å². The third kappa shape index (κ3) is 4.88.